The number of hydrogen-bond donors (Lipinski definition) is 2. The first-order valence-electron chi connectivity index (χ1n) is 12.1. The smallest absolute Gasteiger partial charge is 0.416 e. The molecular formula is C28H27F3N2O2. The molecule has 7 heteroatoms. The SMILES string of the molecule is CCCC(Nc1ccccc1)c1c(C=C2C(=O)Nc3cc(C(F)(F)F)ccc32)oc2c1CCCC2. The van der Waals surface area contributed by atoms with Crippen LogP contribution in [0.5, 0.6) is 0 Å². The van der Waals surface area contributed by atoms with Crippen LogP contribution in [0.1, 0.15) is 72.4 Å². The van der Waals surface area contributed by atoms with Crippen LogP contribution < -0.4 is 10.6 Å². The predicted molar refractivity (Wildman–Crippen MR) is 131 cm³/mol. The van der Waals surface area contributed by atoms with E-state index >= 15 is 0 Å². The summed E-state index contributed by atoms with van der Waals surface area (Å²) in [5, 5.41) is 6.23. The first-order valence-corrected chi connectivity index (χ1v) is 12.1. The first-order chi connectivity index (χ1) is 16.8. The zero-order valence-corrected chi connectivity index (χ0v) is 19.5. The van der Waals surface area contributed by atoms with E-state index in [4.69, 9.17) is 4.42 Å². The number of hydrogen-bond acceptors (Lipinski definition) is 3. The minimum absolute atomic E-state index is 0.0172. The third kappa shape index (κ3) is 4.59. The number of carbonyl (C=O) groups is 1. The van der Waals surface area contributed by atoms with Gasteiger partial charge in [0.25, 0.3) is 5.91 Å². The lowest BCUT2D eigenvalue weighted by Gasteiger charge is -2.22. The van der Waals surface area contributed by atoms with Gasteiger partial charge in [-0.2, -0.15) is 13.2 Å². The summed E-state index contributed by atoms with van der Waals surface area (Å²) in [6.45, 7) is 2.13. The molecule has 4 nitrogen and oxygen atoms in total. The molecule has 1 unspecified atom stereocenters. The van der Waals surface area contributed by atoms with Crippen molar-refractivity contribution in [3.8, 4) is 0 Å². The minimum atomic E-state index is -4.48. The lowest BCUT2D eigenvalue weighted by atomic mass is 9.89. The molecule has 1 aliphatic heterocycles. The fraction of sp³-hybridized carbons (Fsp3) is 0.321. The molecular weight excluding hydrogens is 453 g/mol. The lowest BCUT2D eigenvalue weighted by Crippen LogP contribution is -2.14. The highest BCUT2D eigenvalue weighted by Crippen LogP contribution is 2.42. The van der Waals surface area contributed by atoms with Crippen LogP contribution in [-0.4, -0.2) is 5.91 Å². The summed E-state index contributed by atoms with van der Waals surface area (Å²) >= 11 is 0. The standard InChI is InChI=1S/C28H27F3N2O2/c1-2-8-22(32-18-9-4-3-5-10-18)26-20-11-6-7-12-24(20)35-25(26)16-21-19-14-13-17(28(29,30)31)15-23(19)33-27(21)34/h3-5,9-10,13-16,22,32H,2,6-8,11-12H2,1H3,(H,33,34). The molecule has 0 bridgehead atoms. The van der Waals surface area contributed by atoms with Gasteiger partial charge in [-0.25, -0.2) is 0 Å². The summed E-state index contributed by atoms with van der Waals surface area (Å²) in [6.07, 6.45) is 2.92. The summed E-state index contributed by atoms with van der Waals surface area (Å²) in [4.78, 5) is 12.8. The van der Waals surface area contributed by atoms with E-state index in [1.165, 1.54) is 11.6 Å². The van der Waals surface area contributed by atoms with Gasteiger partial charge >= 0.3 is 6.18 Å². The highest BCUT2D eigenvalue weighted by Gasteiger charge is 2.34. The van der Waals surface area contributed by atoms with E-state index in [-0.39, 0.29) is 11.7 Å². The quantitative estimate of drug-likeness (QED) is 0.357. The second-order valence-electron chi connectivity index (χ2n) is 9.11. The highest BCUT2D eigenvalue weighted by molar-refractivity contribution is 6.34. The van der Waals surface area contributed by atoms with Gasteiger partial charge in [-0.1, -0.05) is 37.6 Å². The van der Waals surface area contributed by atoms with E-state index in [9.17, 15) is 18.0 Å². The maximum absolute atomic E-state index is 13.2. The van der Waals surface area contributed by atoms with Gasteiger partial charge in [-0.3, -0.25) is 4.79 Å². The Balaban J connectivity index is 1.59. The number of para-hydroxylation sites is 1. The number of aryl methyl sites for hydroxylation is 1. The van der Waals surface area contributed by atoms with Crippen LogP contribution in [0.25, 0.3) is 11.6 Å². The van der Waals surface area contributed by atoms with Crippen LogP contribution in [0.2, 0.25) is 0 Å². The number of carbonyl (C=O) groups excluding carboxylic acids is 1. The number of alkyl halides is 3. The molecule has 2 N–H and O–H groups in total. The summed E-state index contributed by atoms with van der Waals surface area (Å²) in [5.74, 6) is 1.12. The van der Waals surface area contributed by atoms with Crippen molar-refractivity contribution in [2.75, 3.05) is 10.6 Å². The number of benzene rings is 2. The molecule has 2 aromatic carbocycles. The van der Waals surface area contributed by atoms with Gasteiger partial charge in [0.15, 0.2) is 0 Å². The molecule has 0 radical (unpaired) electrons. The van der Waals surface area contributed by atoms with E-state index in [2.05, 4.69) is 17.6 Å². The van der Waals surface area contributed by atoms with Crippen LogP contribution in [0.4, 0.5) is 24.5 Å². The summed E-state index contributed by atoms with van der Waals surface area (Å²) in [5.41, 5.74) is 3.38. The molecule has 2 aliphatic rings. The molecule has 1 amide bonds. The number of nitrogens with one attached hydrogen (secondary N) is 2. The van der Waals surface area contributed by atoms with Crippen molar-refractivity contribution in [3.63, 3.8) is 0 Å². The minimum Gasteiger partial charge on any atom is -0.461 e. The van der Waals surface area contributed by atoms with Crippen molar-refractivity contribution < 1.29 is 22.4 Å². The zero-order valence-electron chi connectivity index (χ0n) is 19.5. The van der Waals surface area contributed by atoms with Crippen LogP contribution >= 0.6 is 0 Å². The maximum Gasteiger partial charge on any atom is 0.416 e. The molecule has 3 aromatic rings. The third-order valence-corrected chi connectivity index (χ3v) is 6.69. The monoisotopic (exact) mass is 480 g/mol. The number of anilines is 2. The first kappa shape index (κ1) is 23.3. The van der Waals surface area contributed by atoms with Crippen molar-refractivity contribution in [2.45, 2.75) is 57.7 Å². The molecule has 182 valence electrons. The Morgan fingerprint density at radius 2 is 1.89 bits per heavy atom. The Morgan fingerprint density at radius 3 is 2.63 bits per heavy atom. The van der Waals surface area contributed by atoms with Crippen molar-refractivity contribution in [3.05, 3.63) is 82.3 Å². The van der Waals surface area contributed by atoms with Crippen LogP contribution in [0.15, 0.2) is 52.9 Å². The number of furan rings is 1. The average molecular weight is 481 g/mol. The van der Waals surface area contributed by atoms with Crippen LogP contribution in [0, 0.1) is 0 Å². The van der Waals surface area contributed by atoms with Crippen LogP contribution in [0.3, 0.4) is 0 Å². The number of fused-ring (bicyclic) bond motifs is 2. The van der Waals surface area contributed by atoms with Crippen molar-refractivity contribution in [2.24, 2.45) is 0 Å². The highest BCUT2D eigenvalue weighted by atomic mass is 19.4. The topological polar surface area (TPSA) is 54.3 Å². The van der Waals surface area contributed by atoms with Crippen molar-refractivity contribution in [1.29, 1.82) is 0 Å². The van der Waals surface area contributed by atoms with Gasteiger partial charge in [0.05, 0.1) is 17.2 Å². The Labute approximate surface area is 202 Å². The molecule has 1 aliphatic carbocycles. The molecule has 1 atom stereocenters. The van der Waals surface area contributed by atoms with Gasteiger partial charge in [0.2, 0.25) is 0 Å². The predicted octanol–water partition coefficient (Wildman–Crippen LogP) is 7.62. The van der Waals surface area contributed by atoms with Gasteiger partial charge in [-0.15, -0.1) is 0 Å². The van der Waals surface area contributed by atoms with Gasteiger partial charge in [0.1, 0.15) is 11.5 Å². The summed E-state index contributed by atoms with van der Waals surface area (Å²) in [7, 11) is 0. The summed E-state index contributed by atoms with van der Waals surface area (Å²) < 4.78 is 45.8. The fourth-order valence-corrected chi connectivity index (χ4v) is 5.06. The van der Waals surface area contributed by atoms with Gasteiger partial charge in [-0.05, 0) is 61.6 Å². The van der Waals surface area contributed by atoms with Crippen molar-refractivity contribution >= 4 is 28.9 Å². The molecule has 35 heavy (non-hydrogen) atoms. The molecule has 0 saturated carbocycles. The molecule has 2 heterocycles. The molecule has 0 fully saturated rings. The second-order valence-corrected chi connectivity index (χ2v) is 9.11. The molecule has 1 aromatic heterocycles. The van der Waals surface area contributed by atoms with E-state index in [1.54, 1.807) is 6.08 Å². The second kappa shape index (κ2) is 9.29. The molecule has 0 spiro atoms. The van der Waals surface area contributed by atoms with Crippen LogP contribution in [-0.2, 0) is 23.8 Å². The van der Waals surface area contributed by atoms with E-state index in [0.717, 1.165) is 67.7 Å². The van der Waals surface area contributed by atoms with E-state index < -0.39 is 17.6 Å². The Hall–Kier alpha value is -3.48. The van der Waals surface area contributed by atoms with E-state index in [0.29, 0.717) is 16.9 Å². The number of rotatable bonds is 6. The Morgan fingerprint density at radius 1 is 1.11 bits per heavy atom. The van der Waals surface area contributed by atoms with Gasteiger partial charge in [0, 0.05) is 28.9 Å². The number of halogens is 3. The Kier molecular flexibility index (Phi) is 6.17. The number of amides is 1. The average Bonchev–Trinajstić information content (AvgIpc) is 3.35. The summed E-state index contributed by atoms with van der Waals surface area (Å²) in [6, 6.07) is 13.3. The van der Waals surface area contributed by atoms with Gasteiger partial charge < -0.3 is 15.1 Å². The van der Waals surface area contributed by atoms with E-state index in [1.807, 2.05) is 30.3 Å². The zero-order chi connectivity index (χ0) is 24.6. The lowest BCUT2D eigenvalue weighted by molar-refractivity contribution is -0.137. The normalized spacial score (nSPS) is 17.1. The van der Waals surface area contributed by atoms with Crippen molar-refractivity contribution in [1.82, 2.24) is 0 Å². The largest absolute Gasteiger partial charge is 0.461 e. The molecule has 5 rings (SSSR count). The fourth-order valence-electron chi connectivity index (χ4n) is 5.06. The third-order valence-electron chi connectivity index (χ3n) is 6.69. The molecule has 0 saturated heterocycles. The maximum atomic E-state index is 13.2. The Bertz CT molecular complexity index is 1280.